The zero-order valence-corrected chi connectivity index (χ0v) is 18.1. The van der Waals surface area contributed by atoms with E-state index in [0.29, 0.717) is 24.7 Å². The van der Waals surface area contributed by atoms with Crippen molar-refractivity contribution in [3.8, 4) is 17.1 Å². The Morgan fingerprint density at radius 1 is 1.14 bits per heavy atom. The lowest BCUT2D eigenvalue weighted by Crippen LogP contribution is -2.28. The molecule has 0 saturated heterocycles. The first-order valence-electron chi connectivity index (χ1n) is 9.69. The van der Waals surface area contributed by atoms with E-state index in [9.17, 15) is 4.79 Å². The number of nitrogens with one attached hydrogen (secondary N) is 1. The van der Waals surface area contributed by atoms with E-state index in [1.165, 1.54) is 0 Å². The summed E-state index contributed by atoms with van der Waals surface area (Å²) >= 11 is 3.43. The number of halogens is 1. The summed E-state index contributed by atoms with van der Waals surface area (Å²) in [6, 6.07) is 15.5. The predicted octanol–water partition coefficient (Wildman–Crippen LogP) is 5.10. The number of rotatable bonds is 9. The van der Waals surface area contributed by atoms with Crippen LogP contribution < -0.4 is 10.1 Å². The quantitative estimate of drug-likeness (QED) is 0.483. The first kappa shape index (κ1) is 21.0. The number of ether oxygens (including phenoxy) is 1. The first-order chi connectivity index (χ1) is 14.1. The highest BCUT2D eigenvalue weighted by atomic mass is 79.9. The van der Waals surface area contributed by atoms with Crippen molar-refractivity contribution < 1.29 is 14.1 Å². The zero-order valence-electron chi connectivity index (χ0n) is 16.5. The van der Waals surface area contributed by atoms with Crippen LogP contribution >= 0.6 is 15.9 Å². The molecule has 1 unspecified atom stereocenters. The van der Waals surface area contributed by atoms with E-state index in [-0.39, 0.29) is 18.4 Å². The van der Waals surface area contributed by atoms with Crippen LogP contribution in [0, 0.1) is 0 Å². The van der Waals surface area contributed by atoms with Gasteiger partial charge < -0.3 is 14.6 Å². The third kappa shape index (κ3) is 5.90. The number of nitrogens with zero attached hydrogens (tertiary/aromatic N) is 2. The molecule has 3 aromatic rings. The number of benzene rings is 2. The summed E-state index contributed by atoms with van der Waals surface area (Å²) in [5.74, 6) is 1.71. The van der Waals surface area contributed by atoms with Crippen LogP contribution in [0.4, 0.5) is 0 Å². The largest absolute Gasteiger partial charge is 0.494 e. The Hall–Kier alpha value is -2.67. The molecule has 1 N–H and O–H groups in total. The molecule has 1 atom stereocenters. The first-order valence-corrected chi connectivity index (χ1v) is 10.5. The third-order valence-corrected chi connectivity index (χ3v) is 5.00. The van der Waals surface area contributed by atoms with Crippen molar-refractivity contribution in [3.63, 3.8) is 0 Å². The van der Waals surface area contributed by atoms with Crippen LogP contribution in [0.1, 0.15) is 44.2 Å². The SMILES string of the molecule is CCOc1ccc(-c2noc(CCC(=O)NC(CC)c3ccc(Br)cc3)n2)cc1. The normalized spacial score (nSPS) is 11.8. The number of amides is 1. The van der Waals surface area contributed by atoms with Crippen LogP contribution in [-0.2, 0) is 11.2 Å². The monoisotopic (exact) mass is 457 g/mol. The summed E-state index contributed by atoms with van der Waals surface area (Å²) in [5.41, 5.74) is 1.92. The Morgan fingerprint density at radius 2 is 1.86 bits per heavy atom. The smallest absolute Gasteiger partial charge is 0.227 e. The molecule has 0 saturated carbocycles. The molecule has 0 aliphatic carbocycles. The highest BCUT2D eigenvalue weighted by Gasteiger charge is 2.15. The van der Waals surface area contributed by atoms with Crippen molar-refractivity contribution in [3.05, 3.63) is 64.5 Å². The minimum Gasteiger partial charge on any atom is -0.494 e. The van der Waals surface area contributed by atoms with E-state index in [1.54, 1.807) is 0 Å². The summed E-state index contributed by atoms with van der Waals surface area (Å²) in [4.78, 5) is 16.8. The van der Waals surface area contributed by atoms with Gasteiger partial charge in [0.1, 0.15) is 5.75 Å². The van der Waals surface area contributed by atoms with Gasteiger partial charge >= 0.3 is 0 Å². The van der Waals surface area contributed by atoms with Gasteiger partial charge in [-0.2, -0.15) is 4.98 Å². The van der Waals surface area contributed by atoms with Gasteiger partial charge in [-0.3, -0.25) is 4.79 Å². The fourth-order valence-corrected chi connectivity index (χ4v) is 3.21. The number of carbonyl (C=O) groups excluding carboxylic acids is 1. The summed E-state index contributed by atoms with van der Waals surface area (Å²) in [5, 5.41) is 7.08. The van der Waals surface area contributed by atoms with Gasteiger partial charge in [0, 0.05) is 22.9 Å². The third-order valence-electron chi connectivity index (χ3n) is 4.47. The van der Waals surface area contributed by atoms with Gasteiger partial charge in [-0.1, -0.05) is 40.1 Å². The molecular formula is C22H24BrN3O3. The second-order valence-electron chi connectivity index (χ2n) is 6.55. The molecule has 1 heterocycles. The van der Waals surface area contributed by atoms with Gasteiger partial charge in [0.05, 0.1) is 12.6 Å². The van der Waals surface area contributed by atoms with Crippen LogP contribution in [0.15, 0.2) is 57.5 Å². The fraction of sp³-hybridized carbons (Fsp3) is 0.318. The highest BCUT2D eigenvalue weighted by molar-refractivity contribution is 9.10. The van der Waals surface area contributed by atoms with E-state index in [1.807, 2.05) is 62.4 Å². The molecule has 152 valence electrons. The Kier molecular flexibility index (Phi) is 7.41. The predicted molar refractivity (Wildman–Crippen MR) is 115 cm³/mol. The van der Waals surface area contributed by atoms with Gasteiger partial charge in [-0.15, -0.1) is 0 Å². The van der Waals surface area contributed by atoms with Gasteiger partial charge in [-0.25, -0.2) is 0 Å². The topological polar surface area (TPSA) is 77.2 Å². The fourth-order valence-electron chi connectivity index (χ4n) is 2.94. The minimum absolute atomic E-state index is 0.0160. The lowest BCUT2D eigenvalue weighted by Gasteiger charge is -2.17. The lowest BCUT2D eigenvalue weighted by atomic mass is 10.0. The summed E-state index contributed by atoms with van der Waals surface area (Å²) in [6.45, 7) is 4.61. The van der Waals surface area contributed by atoms with Gasteiger partial charge in [-0.05, 0) is 55.3 Å². The van der Waals surface area contributed by atoms with E-state index < -0.39 is 0 Å². The average molecular weight is 458 g/mol. The zero-order chi connectivity index (χ0) is 20.6. The van der Waals surface area contributed by atoms with Crippen molar-refractivity contribution >= 4 is 21.8 Å². The summed E-state index contributed by atoms with van der Waals surface area (Å²) in [7, 11) is 0. The maximum Gasteiger partial charge on any atom is 0.227 e. The molecular weight excluding hydrogens is 434 g/mol. The number of aryl methyl sites for hydroxylation is 1. The van der Waals surface area contributed by atoms with Crippen LogP contribution in [0.5, 0.6) is 5.75 Å². The van der Waals surface area contributed by atoms with Crippen LogP contribution in [0.3, 0.4) is 0 Å². The Morgan fingerprint density at radius 3 is 2.52 bits per heavy atom. The molecule has 3 rings (SSSR count). The minimum atomic E-state index is -0.0411. The second kappa shape index (κ2) is 10.2. The molecule has 29 heavy (non-hydrogen) atoms. The molecule has 2 aromatic carbocycles. The Balaban J connectivity index is 1.54. The molecule has 1 amide bonds. The molecule has 0 radical (unpaired) electrons. The molecule has 0 aliphatic rings. The number of hydrogen-bond donors (Lipinski definition) is 1. The Bertz CT molecular complexity index is 923. The summed E-state index contributed by atoms with van der Waals surface area (Å²) < 4.78 is 11.7. The molecule has 0 spiro atoms. The number of hydrogen-bond acceptors (Lipinski definition) is 5. The van der Waals surface area contributed by atoms with Gasteiger partial charge in [0.15, 0.2) is 0 Å². The van der Waals surface area contributed by atoms with Gasteiger partial charge in [0.25, 0.3) is 0 Å². The molecule has 1 aromatic heterocycles. The number of carbonyl (C=O) groups is 1. The molecule has 0 fully saturated rings. The maximum absolute atomic E-state index is 12.4. The van der Waals surface area contributed by atoms with E-state index in [2.05, 4.69) is 31.4 Å². The van der Waals surface area contributed by atoms with E-state index >= 15 is 0 Å². The van der Waals surface area contributed by atoms with Crippen molar-refractivity contribution in [1.29, 1.82) is 0 Å². The van der Waals surface area contributed by atoms with Crippen LogP contribution in [0.2, 0.25) is 0 Å². The molecule has 7 heteroatoms. The molecule has 6 nitrogen and oxygen atoms in total. The highest BCUT2D eigenvalue weighted by Crippen LogP contribution is 2.21. The lowest BCUT2D eigenvalue weighted by molar-refractivity contribution is -0.121. The Labute approximate surface area is 178 Å². The second-order valence-corrected chi connectivity index (χ2v) is 7.46. The summed E-state index contributed by atoms with van der Waals surface area (Å²) in [6.07, 6.45) is 1.50. The van der Waals surface area contributed by atoms with Crippen molar-refractivity contribution in [2.45, 2.75) is 39.2 Å². The van der Waals surface area contributed by atoms with Crippen LogP contribution in [0.25, 0.3) is 11.4 Å². The van der Waals surface area contributed by atoms with Crippen molar-refractivity contribution in [1.82, 2.24) is 15.5 Å². The average Bonchev–Trinajstić information content (AvgIpc) is 3.21. The molecule has 0 aliphatic heterocycles. The van der Waals surface area contributed by atoms with Crippen molar-refractivity contribution in [2.75, 3.05) is 6.61 Å². The van der Waals surface area contributed by atoms with Crippen molar-refractivity contribution in [2.24, 2.45) is 0 Å². The molecule has 0 bridgehead atoms. The maximum atomic E-state index is 12.4. The van der Waals surface area contributed by atoms with E-state index in [0.717, 1.165) is 27.8 Å². The van der Waals surface area contributed by atoms with Crippen LogP contribution in [-0.4, -0.2) is 22.7 Å². The van der Waals surface area contributed by atoms with E-state index in [4.69, 9.17) is 9.26 Å². The number of aromatic nitrogens is 2. The van der Waals surface area contributed by atoms with Gasteiger partial charge in [0.2, 0.25) is 17.6 Å². The standard InChI is InChI=1S/C22H24BrN3O3/c1-3-19(15-5-9-17(23)10-6-15)24-20(27)13-14-21-25-22(26-29-21)16-7-11-18(12-8-16)28-4-2/h5-12,19H,3-4,13-14H2,1-2H3,(H,24,27).